The molecule has 0 atom stereocenters. The lowest BCUT2D eigenvalue weighted by Crippen LogP contribution is -2.40. The van der Waals surface area contributed by atoms with Crippen LogP contribution in [0.4, 0.5) is 5.82 Å². The summed E-state index contributed by atoms with van der Waals surface area (Å²) in [5, 5.41) is 12.9. The summed E-state index contributed by atoms with van der Waals surface area (Å²) < 4.78 is 26.5. The molecule has 2 heterocycles. The van der Waals surface area contributed by atoms with Gasteiger partial charge >= 0.3 is 0 Å². The highest BCUT2D eigenvalue weighted by molar-refractivity contribution is 7.89. The van der Waals surface area contributed by atoms with Crippen molar-refractivity contribution >= 4 is 27.4 Å². The second-order valence-corrected chi connectivity index (χ2v) is 8.26. The molecule has 8 heteroatoms. The first-order valence-electron chi connectivity index (χ1n) is 7.38. The van der Waals surface area contributed by atoms with Crippen molar-refractivity contribution in [1.29, 1.82) is 0 Å². The van der Waals surface area contributed by atoms with Gasteiger partial charge in [0.05, 0.1) is 11.1 Å². The number of halogens is 1. The minimum absolute atomic E-state index is 0.0870. The summed E-state index contributed by atoms with van der Waals surface area (Å²) in [5.74, 6) is 0.921. The SMILES string of the molecule is CC(C)CNc1ncc(S(=O)(=O)N2CCC(O)CC2)cc1Cl. The van der Waals surface area contributed by atoms with Gasteiger partial charge in [-0.2, -0.15) is 4.31 Å². The first-order valence-corrected chi connectivity index (χ1v) is 9.20. The van der Waals surface area contributed by atoms with Crippen LogP contribution in [0, 0.1) is 5.92 Å². The van der Waals surface area contributed by atoms with E-state index in [1.807, 2.05) is 0 Å². The normalized spacial score (nSPS) is 17.9. The summed E-state index contributed by atoms with van der Waals surface area (Å²) in [6.07, 6.45) is 1.81. The number of sulfonamides is 1. The zero-order valence-electron chi connectivity index (χ0n) is 12.8. The Morgan fingerprint density at radius 1 is 1.45 bits per heavy atom. The van der Waals surface area contributed by atoms with E-state index in [9.17, 15) is 13.5 Å². The van der Waals surface area contributed by atoms with Crippen molar-refractivity contribution in [3.8, 4) is 0 Å². The van der Waals surface area contributed by atoms with E-state index in [4.69, 9.17) is 11.6 Å². The standard InChI is InChI=1S/C14H22ClN3O3S/c1-10(2)8-16-14-13(15)7-12(9-17-14)22(20,21)18-5-3-11(19)4-6-18/h7,9-11,19H,3-6,8H2,1-2H3,(H,16,17). The maximum Gasteiger partial charge on any atom is 0.244 e. The average Bonchev–Trinajstić information content (AvgIpc) is 2.46. The third-order valence-corrected chi connectivity index (χ3v) is 5.71. The molecule has 124 valence electrons. The lowest BCUT2D eigenvalue weighted by molar-refractivity contribution is 0.113. The Morgan fingerprint density at radius 3 is 2.64 bits per heavy atom. The fourth-order valence-corrected chi connectivity index (χ4v) is 3.96. The lowest BCUT2D eigenvalue weighted by Gasteiger charge is -2.28. The number of pyridine rings is 1. The van der Waals surface area contributed by atoms with Gasteiger partial charge in [0, 0.05) is 25.8 Å². The van der Waals surface area contributed by atoms with Crippen molar-refractivity contribution in [3.63, 3.8) is 0 Å². The number of nitrogens with zero attached hydrogens (tertiary/aromatic N) is 2. The van der Waals surface area contributed by atoms with Gasteiger partial charge in [0.15, 0.2) is 0 Å². The largest absolute Gasteiger partial charge is 0.393 e. The minimum atomic E-state index is -3.61. The van der Waals surface area contributed by atoms with Crippen molar-refractivity contribution in [1.82, 2.24) is 9.29 Å². The van der Waals surface area contributed by atoms with Crippen molar-refractivity contribution in [2.45, 2.75) is 37.7 Å². The first-order chi connectivity index (χ1) is 10.3. The number of hydrogen-bond acceptors (Lipinski definition) is 5. The molecular weight excluding hydrogens is 326 g/mol. The number of hydrogen-bond donors (Lipinski definition) is 2. The van der Waals surface area contributed by atoms with Crippen LogP contribution in [-0.2, 0) is 10.0 Å². The highest BCUT2D eigenvalue weighted by Crippen LogP contribution is 2.26. The number of aromatic nitrogens is 1. The summed E-state index contributed by atoms with van der Waals surface area (Å²) in [5.41, 5.74) is 0. The monoisotopic (exact) mass is 347 g/mol. The molecule has 1 saturated heterocycles. The molecule has 0 saturated carbocycles. The molecular formula is C14H22ClN3O3S. The Labute approximate surface area is 136 Å². The molecule has 1 aliphatic rings. The van der Waals surface area contributed by atoms with Crippen LogP contribution in [0.3, 0.4) is 0 Å². The van der Waals surface area contributed by atoms with E-state index in [2.05, 4.69) is 24.1 Å². The molecule has 0 bridgehead atoms. The van der Waals surface area contributed by atoms with Gasteiger partial charge in [-0.3, -0.25) is 0 Å². The van der Waals surface area contributed by atoms with E-state index in [1.165, 1.54) is 16.6 Å². The predicted molar refractivity (Wildman–Crippen MR) is 86.6 cm³/mol. The number of rotatable bonds is 5. The molecule has 2 rings (SSSR count). The summed E-state index contributed by atoms with van der Waals surface area (Å²) in [7, 11) is -3.61. The van der Waals surface area contributed by atoms with E-state index in [0.29, 0.717) is 49.2 Å². The Hall–Kier alpha value is -0.890. The molecule has 0 aliphatic carbocycles. The molecule has 0 unspecified atom stereocenters. The van der Waals surface area contributed by atoms with Crippen molar-refractivity contribution < 1.29 is 13.5 Å². The van der Waals surface area contributed by atoms with Crippen LogP contribution in [0.15, 0.2) is 17.2 Å². The van der Waals surface area contributed by atoms with Gasteiger partial charge in [0.2, 0.25) is 10.0 Å². The molecule has 0 spiro atoms. The Bertz CT molecular complexity index is 614. The fourth-order valence-electron chi connectivity index (χ4n) is 2.22. The second-order valence-electron chi connectivity index (χ2n) is 5.91. The molecule has 1 aromatic rings. The first kappa shape index (κ1) is 17.5. The minimum Gasteiger partial charge on any atom is -0.393 e. The number of aliphatic hydroxyl groups excluding tert-OH is 1. The zero-order valence-corrected chi connectivity index (χ0v) is 14.4. The number of nitrogens with one attached hydrogen (secondary N) is 1. The number of aliphatic hydroxyl groups is 1. The molecule has 0 aromatic carbocycles. The fraction of sp³-hybridized carbons (Fsp3) is 0.643. The smallest absolute Gasteiger partial charge is 0.244 e. The molecule has 22 heavy (non-hydrogen) atoms. The van der Waals surface area contributed by atoms with Crippen LogP contribution in [0.1, 0.15) is 26.7 Å². The highest BCUT2D eigenvalue weighted by Gasteiger charge is 2.29. The van der Waals surface area contributed by atoms with Gasteiger partial charge in [-0.1, -0.05) is 25.4 Å². The van der Waals surface area contributed by atoms with Crippen LogP contribution in [0.5, 0.6) is 0 Å². The molecule has 0 radical (unpaired) electrons. The average molecular weight is 348 g/mol. The Kier molecular flexibility index (Phi) is 5.65. The third kappa shape index (κ3) is 4.10. The van der Waals surface area contributed by atoms with E-state index < -0.39 is 16.1 Å². The van der Waals surface area contributed by atoms with Crippen LogP contribution in [-0.4, -0.2) is 48.6 Å². The lowest BCUT2D eigenvalue weighted by atomic mass is 10.1. The van der Waals surface area contributed by atoms with Gasteiger partial charge in [-0.15, -0.1) is 0 Å². The maximum atomic E-state index is 12.5. The van der Waals surface area contributed by atoms with Gasteiger partial charge in [-0.05, 0) is 24.8 Å². The van der Waals surface area contributed by atoms with E-state index in [0.717, 1.165) is 0 Å². The van der Waals surface area contributed by atoms with Crippen LogP contribution in [0.2, 0.25) is 5.02 Å². The summed E-state index contributed by atoms with van der Waals surface area (Å²) in [6, 6.07) is 1.43. The molecule has 1 aromatic heterocycles. The quantitative estimate of drug-likeness (QED) is 0.850. The van der Waals surface area contributed by atoms with Crippen molar-refractivity contribution in [2.24, 2.45) is 5.92 Å². The van der Waals surface area contributed by atoms with Gasteiger partial charge < -0.3 is 10.4 Å². The Balaban J connectivity index is 2.16. The highest BCUT2D eigenvalue weighted by atomic mass is 35.5. The summed E-state index contributed by atoms with van der Waals surface area (Å²) in [4.78, 5) is 4.22. The predicted octanol–water partition coefficient (Wildman–Crippen LogP) is 1.95. The van der Waals surface area contributed by atoms with Gasteiger partial charge in [-0.25, -0.2) is 13.4 Å². The van der Waals surface area contributed by atoms with Crippen LogP contribution >= 0.6 is 11.6 Å². The van der Waals surface area contributed by atoms with Crippen molar-refractivity contribution in [3.05, 3.63) is 17.3 Å². The number of piperidine rings is 1. The van der Waals surface area contributed by atoms with Crippen LogP contribution < -0.4 is 5.32 Å². The van der Waals surface area contributed by atoms with Gasteiger partial charge in [0.25, 0.3) is 0 Å². The molecule has 0 amide bonds. The Morgan fingerprint density at radius 2 is 2.09 bits per heavy atom. The maximum absolute atomic E-state index is 12.5. The van der Waals surface area contributed by atoms with E-state index in [-0.39, 0.29) is 4.90 Å². The molecule has 1 aliphatic heterocycles. The third-order valence-electron chi connectivity index (χ3n) is 3.56. The number of anilines is 1. The van der Waals surface area contributed by atoms with E-state index in [1.54, 1.807) is 0 Å². The second kappa shape index (κ2) is 7.12. The van der Waals surface area contributed by atoms with Crippen LogP contribution in [0.25, 0.3) is 0 Å². The topological polar surface area (TPSA) is 82.5 Å². The molecule has 2 N–H and O–H groups in total. The zero-order chi connectivity index (χ0) is 16.3. The molecule has 1 fully saturated rings. The summed E-state index contributed by atoms with van der Waals surface area (Å²) >= 11 is 6.13. The van der Waals surface area contributed by atoms with Crippen molar-refractivity contribution in [2.75, 3.05) is 25.0 Å². The summed E-state index contributed by atoms with van der Waals surface area (Å²) in [6.45, 7) is 5.46. The van der Waals surface area contributed by atoms with Gasteiger partial charge in [0.1, 0.15) is 10.7 Å². The van der Waals surface area contributed by atoms with E-state index >= 15 is 0 Å². The molecule has 6 nitrogen and oxygen atoms in total.